The fraction of sp³-hybridized carbons (Fsp3) is 0.667. The van der Waals surface area contributed by atoms with Crippen LogP contribution in [-0.2, 0) is 9.59 Å². The summed E-state index contributed by atoms with van der Waals surface area (Å²) in [7, 11) is 1.48. The van der Waals surface area contributed by atoms with Crippen LogP contribution in [0.2, 0.25) is 0 Å². The Morgan fingerprint density at radius 3 is 2.45 bits per heavy atom. The minimum absolute atomic E-state index is 0.285. The summed E-state index contributed by atoms with van der Waals surface area (Å²) >= 11 is 0. The molecule has 0 fully saturated rings. The van der Waals surface area contributed by atoms with Crippen molar-refractivity contribution >= 4 is 11.8 Å². The Morgan fingerprint density at radius 1 is 1.55 bits per heavy atom. The first-order valence-electron chi connectivity index (χ1n) is 3.23. The third-order valence-electron chi connectivity index (χ3n) is 1.16. The number of likely N-dealkylation sites (N-methyl/N-ethyl adjacent to an activating group) is 1. The number of hydrogen-bond donors (Lipinski definition) is 3. The lowest BCUT2D eigenvalue weighted by Crippen LogP contribution is -2.44. The Bertz CT molecular complexity index is 158. The molecular formula is C6H12N2O3. The highest BCUT2D eigenvalue weighted by atomic mass is 16.3. The summed E-state index contributed by atoms with van der Waals surface area (Å²) in [5.41, 5.74) is 0. The van der Waals surface area contributed by atoms with Crippen molar-refractivity contribution in [1.29, 1.82) is 0 Å². The van der Waals surface area contributed by atoms with Crippen LogP contribution < -0.4 is 10.6 Å². The van der Waals surface area contributed by atoms with Gasteiger partial charge in [0.25, 0.3) is 0 Å². The van der Waals surface area contributed by atoms with Gasteiger partial charge in [0.05, 0.1) is 0 Å². The zero-order valence-corrected chi connectivity index (χ0v) is 6.55. The molecule has 64 valence electrons. The smallest absolute Gasteiger partial charge is 0.246 e. The van der Waals surface area contributed by atoms with E-state index in [1.807, 2.05) is 0 Å². The van der Waals surface area contributed by atoms with Crippen LogP contribution in [0.3, 0.4) is 0 Å². The Morgan fingerprint density at radius 2 is 2.09 bits per heavy atom. The van der Waals surface area contributed by atoms with E-state index in [-0.39, 0.29) is 5.91 Å². The Labute approximate surface area is 64.8 Å². The molecule has 2 amide bonds. The molecule has 5 heteroatoms. The quantitative estimate of drug-likeness (QED) is 0.457. The highest BCUT2D eigenvalue weighted by Crippen LogP contribution is 1.79. The zero-order valence-electron chi connectivity index (χ0n) is 6.55. The Kier molecular flexibility index (Phi) is 4.21. The van der Waals surface area contributed by atoms with Gasteiger partial charge in [0.2, 0.25) is 11.8 Å². The van der Waals surface area contributed by atoms with Crippen LogP contribution in [0.15, 0.2) is 0 Å². The molecule has 0 aliphatic rings. The molecule has 0 saturated carbocycles. The van der Waals surface area contributed by atoms with Gasteiger partial charge in [-0.3, -0.25) is 9.59 Å². The fourth-order valence-electron chi connectivity index (χ4n) is 0.569. The molecule has 0 saturated heterocycles. The number of carbonyl (C=O) groups excluding carboxylic acids is 2. The van der Waals surface area contributed by atoms with Gasteiger partial charge >= 0.3 is 0 Å². The molecule has 0 aromatic heterocycles. The van der Waals surface area contributed by atoms with Crippen molar-refractivity contribution < 1.29 is 14.7 Å². The lowest BCUT2D eigenvalue weighted by atomic mass is 10.3. The van der Waals surface area contributed by atoms with Crippen molar-refractivity contribution in [3.8, 4) is 0 Å². The summed E-state index contributed by atoms with van der Waals surface area (Å²) < 4.78 is 0. The van der Waals surface area contributed by atoms with Gasteiger partial charge in [-0.15, -0.1) is 0 Å². The summed E-state index contributed by atoms with van der Waals surface area (Å²) in [6.45, 7) is 0.938. The van der Waals surface area contributed by atoms with Crippen LogP contribution in [0, 0.1) is 0 Å². The largest absolute Gasteiger partial charge is 0.387 e. The van der Waals surface area contributed by atoms with E-state index in [2.05, 4.69) is 10.6 Å². The SMILES string of the molecule is CNC(=O)[C@H](C)NC(=O)CO. The number of aliphatic hydroxyl groups excluding tert-OH is 1. The van der Waals surface area contributed by atoms with E-state index in [0.29, 0.717) is 0 Å². The second kappa shape index (κ2) is 4.68. The molecule has 0 aromatic rings. The molecule has 0 aliphatic heterocycles. The molecule has 11 heavy (non-hydrogen) atoms. The minimum Gasteiger partial charge on any atom is -0.387 e. The van der Waals surface area contributed by atoms with Crippen molar-refractivity contribution in [3.05, 3.63) is 0 Å². The van der Waals surface area contributed by atoms with Crippen LogP contribution in [0.5, 0.6) is 0 Å². The molecule has 0 unspecified atom stereocenters. The van der Waals surface area contributed by atoms with Crippen molar-refractivity contribution in [2.24, 2.45) is 0 Å². The summed E-state index contributed by atoms with van der Waals surface area (Å²) in [5, 5.41) is 12.9. The van der Waals surface area contributed by atoms with E-state index >= 15 is 0 Å². The predicted octanol–water partition coefficient (Wildman–Crippen LogP) is -1.77. The van der Waals surface area contributed by atoms with Crippen molar-refractivity contribution in [3.63, 3.8) is 0 Å². The summed E-state index contributed by atoms with van der Waals surface area (Å²) in [6.07, 6.45) is 0. The molecule has 0 bridgehead atoms. The molecule has 0 radical (unpaired) electrons. The summed E-state index contributed by atoms with van der Waals surface area (Å²) in [4.78, 5) is 21.3. The van der Waals surface area contributed by atoms with E-state index in [1.165, 1.54) is 14.0 Å². The van der Waals surface area contributed by atoms with E-state index in [1.54, 1.807) is 0 Å². The zero-order chi connectivity index (χ0) is 8.85. The van der Waals surface area contributed by atoms with E-state index in [4.69, 9.17) is 5.11 Å². The summed E-state index contributed by atoms with van der Waals surface area (Å²) in [6, 6.07) is -0.598. The van der Waals surface area contributed by atoms with Crippen LogP contribution in [-0.4, -0.2) is 36.6 Å². The molecule has 3 N–H and O–H groups in total. The Hall–Kier alpha value is -1.10. The van der Waals surface area contributed by atoms with E-state index in [9.17, 15) is 9.59 Å². The van der Waals surface area contributed by atoms with Gasteiger partial charge in [-0.1, -0.05) is 0 Å². The first-order valence-corrected chi connectivity index (χ1v) is 3.23. The first-order chi connectivity index (χ1) is 5.11. The van der Waals surface area contributed by atoms with E-state index in [0.717, 1.165) is 0 Å². The van der Waals surface area contributed by atoms with Crippen molar-refractivity contribution in [1.82, 2.24) is 10.6 Å². The standard InChI is InChI=1S/C6H12N2O3/c1-4(6(11)7-2)8-5(10)3-9/h4,9H,3H2,1-2H3,(H,7,11)(H,8,10)/t4-/m0/s1. The van der Waals surface area contributed by atoms with Crippen molar-refractivity contribution in [2.45, 2.75) is 13.0 Å². The first kappa shape index (κ1) is 9.90. The van der Waals surface area contributed by atoms with Gasteiger partial charge in [-0.05, 0) is 6.92 Å². The number of nitrogens with one attached hydrogen (secondary N) is 2. The second-order valence-electron chi connectivity index (χ2n) is 2.06. The number of rotatable bonds is 3. The monoisotopic (exact) mass is 160 g/mol. The topological polar surface area (TPSA) is 78.4 Å². The molecule has 1 atom stereocenters. The highest BCUT2D eigenvalue weighted by Gasteiger charge is 2.12. The molecule has 0 rings (SSSR count). The third-order valence-corrected chi connectivity index (χ3v) is 1.16. The molecule has 0 aromatic carbocycles. The second-order valence-corrected chi connectivity index (χ2v) is 2.06. The normalized spacial score (nSPS) is 11.9. The number of carbonyl (C=O) groups is 2. The average Bonchev–Trinajstić information content (AvgIpc) is 2.02. The predicted molar refractivity (Wildman–Crippen MR) is 38.8 cm³/mol. The number of aliphatic hydroxyl groups is 1. The maximum Gasteiger partial charge on any atom is 0.246 e. The fourth-order valence-corrected chi connectivity index (χ4v) is 0.569. The van der Waals surface area contributed by atoms with E-state index < -0.39 is 18.6 Å². The molecule has 5 nitrogen and oxygen atoms in total. The summed E-state index contributed by atoms with van der Waals surface area (Å²) in [5.74, 6) is -0.840. The lowest BCUT2D eigenvalue weighted by molar-refractivity contribution is -0.129. The van der Waals surface area contributed by atoms with Gasteiger partial charge in [0.1, 0.15) is 12.6 Å². The van der Waals surface area contributed by atoms with Crippen molar-refractivity contribution in [2.75, 3.05) is 13.7 Å². The minimum atomic E-state index is -0.598. The molecular weight excluding hydrogens is 148 g/mol. The average molecular weight is 160 g/mol. The molecule has 0 spiro atoms. The number of amides is 2. The molecule has 0 heterocycles. The van der Waals surface area contributed by atoms with Crippen LogP contribution in [0.1, 0.15) is 6.92 Å². The van der Waals surface area contributed by atoms with Gasteiger partial charge in [0.15, 0.2) is 0 Å². The van der Waals surface area contributed by atoms with Crippen LogP contribution in [0.25, 0.3) is 0 Å². The highest BCUT2D eigenvalue weighted by molar-refractivity contribution is 5.87. The third kappa shape index (κ3) is 3.57. The van der Waals surface area contributed by atoms with Gasteiger partial charge in [-0.25, -0.2) is 0 Å². The van der Waals surface area contributed by atoms with Gasteiger partial charge in [-0.2, -0.15) is 0 Å². The van der Waals surface area contributed by atoms with Gasteiger partial charge < -0.3 is 15.7 Å². The van der Waals surface area contributed by atoms with Crippen LogP contribution >= 0.6 is 0 Å². The van der Waals surface area contributed by atoms with Crippen LogP contribution in [0.4, 0.5) is 0 Å². The number of hydrogen-bond acceptors (Lipinski definition) is 3. The molecule has 0 aliphatic carbocycles. The maximum atomic E-state index is 10.8. The Balaban J connectivity index is 3.77. The maximum absolute atomic E-state index is 10.8. The lowest BCUT2D eigenvalue weighted by Gasteiger charge is -2.10. The van der Waals surface area contributed by atoms with Gasteiger partial charge in [0, 0.05) is 7.05 Å².